The third-order valence-corrected chi connectivity index (χ3v) is 7.34. The number of amides is 1. The van der Waals surface area contributed by atoms with Crippen LogP contribution in [0.5, 0.6) is 11.5 Å². The molecule has 0 aliphatic heterocycles. The Kier molecular flexibility index (Phi) is 7.29. The van der Waals surface area contributed by atoms with E-state index < -0.39 is 9.84 Å². The van der Waals surface area contributed by atoms with Crippen molar-refractivity contribution in [2.75, 3.05) is 25.3 Å². The van der Waals surface area contributed by atoms with Gasteiger partial charge in [0, 0.05) is 16.9 Å². The SMILES string of the molecule is COc1ccc(-c2nc(NC(=O)CCCS(=O)(=O)c3ccc(OC)cc3)sc2C)cc1. The van der Waals surface area contributed by atoms with Gasteiger partial charge in [0.15, 0.2) is 15.0 Å². The van der Waals surface area contributed by atoms with Crippen molar-refractivity contribution in [1.29, 1.82) is 0 Å². The van der Waals surface area contributed by atoms with Crippen molar-refractivity contribution in [2.24, 2.45) is 0 Å². The number of aromatic nitrogens is 1. The first kappa shape index (κ1) is 22.8. The number of thiazole rings is 1. The molecular formula is C22H24N2O5S2. The van der Waals surface area contributed by atoms with E-state index in [2.05, 4.69) is 10.3 Å². The Labute approximate surface area is 186 Å². The molecule has 1 N–H and O–H groups in total. The number of benzene rings is 2. The Morgan fingerprint density at radius 2 is 1.58 bits per heavy atom. The average Bonchev–Trinajstić information content (AvgIpc) is 3.13. The fraction of sp³-hybridized carbons (Fsp3) is 0.273. The molecule has 0 spiro atoms. The zero-order valence-corrected chi connectivity index (χ0v) is 19.2. The topological polar surface area (TPSA) is 94.6 Å². The summed E-state index contributed by atoms with van der Waals surface area (Å²) >= 11 is 1.38. The lowest BCUT2D eigenvalue weighted by Gasteiger charge is -2.06. The Bertz CT molecular complexity index is 1140. The van der Waals surface area contributed by atoms with Gasteiger partial charge in [-0.25, -0.2) is 13.4 Å². The number of sulfone groups is 1. The number of rotatable bonds is 9. The van der Waals surface area contributed by atoms with Crippen molar-refractivity contribution in [3.63, 3.8) is 0 Å². The summed E-state index contributed by atoms with van der Waals surface area (Å²) in [6.07, 6.45) is 0.307. The minimum absolute atomic E-state index is 0.0892. The maximum atomic E-state index is 12.4. The number of nitrogens with one attached hydrogen (secondary N) is 1. The van der Waals surface area contributed by atoms with Crippen molar-refractivity contribution in [3.8, 4) is 22.8 Å². The van der Waals surface area contributed by atoms with Gasteiger partial charge in [0.1, 0.15) is 11.5 Å². The van der Waals surface area contributed by atoms with Crippen LogP contribution in [-0.2, 0) is 14.6 Å². The molecule has 3 rings (SSSR count). The molecule has 0 unspecified atom stereocenters. The van der Waals surface area contributed by atoms with Gasteiger partial charge in [0.25, 0.3) is 0 Å². The summed E-state index contributed by atoms with van der Waals surface area (Å²) in [7, 11) is -0.327. The Morgan fingerprint density at radius 1 is 1.00 bits per heavy atom. The zero-order valence-electron chi connectivity index (χ0n) is 17.5. The van der Waals surface area contributed by atoms with E-state index in [4.69, 9.17) is 9.47 Å². The van der Waals surface area contributed by atoms with Gasteiger partial charge < -0.3 is 14.8 Å². The van der Waals surface area contributed by atoms with E-state index in [-0.39, 0.29) is 29.4 Å². The molecule has 0 atom stereocenters. The number of carbonyl (C=O) groups excluding carboxylic acids is 1. The van der Waals surface area contributed by atoms with E-state index in [9.17, 15) is 13.2 Å². The number of ether oxygens (including phenoxy) is 2. The molecule has 1 heterocycles. The molecule has 0 aliphatic carbocycles. The molecule has 0 bridgehead atoms. The van der Waals surface area contributed by atoms with Crippen LogP contribution in [0.25, 0.3) is 11.3 Å². The van der Waals surface area contributed by atoms with Crippen molar-refractivity contribution >= 4 is 32.2 Å². The van der Waals surface area contributed by atoms with Crippen molar-refractivity contribution in [1.82, 2.24) is 4.98 Å². The molecule has 0 radical (unpaired) electrons. The van der Waals surface area contributed by atoms with E-state index >= 15 is 0 Å². The summed E-state index contributed by atoms with van der Waals surface area (Å²) in [5.74, 6) is 0.974. The van der Waals surface area contributed by atoms with Crippen molar-refractivity contribution in [3.05, 3.63) is 53.4 Å². The molecule has 1 aromatic heterocycles. The number of aryl methyl sites for hydroxylation is 1. The molecule has 2 aromatic carbocycles. The van der Waals surface area contributed by atoms with Crippen LogP contribution < -0.4 is 14.8 Å². The molecule has 0 fully saturated rings. The second kappa shape index (κ2) is 9.93. The monoisotopic (exact) mass is 460 g/mol. The highest BCUT2D eigenvalue weighted by molar-refractivity contribution is 7.91. The lowest BCUT2D eigenvalue weighted by Crippen LogP contribution is -2.14. The average molecular weight is 461 g/mol. The molecular weight excluding hydrogens is 436 g/mol. The second-order valence-corrected chi connectivity index (χ2v) is 10.1. The van der Waals surface area contributed by atoms with E-state index in [1.54, 1.807) is 19.2 Å². The zero-order chi connectivity index (χ0) is 22.4. The Hall–Kier alpha value is -2.91. The largest absolute Gasteiger partial charge is 0.497 e. The smallest absolute Gasteiger partial charge is 0.226 e. The lowest BCUT2D eigenvalue weighted by atomic mass is 10.1. The van der Waals surface area contributed by atoms with Gasteiger partial charge in [-0.1, -0.05) is 0 Å². The fourth-order valence-electron chi connectivity index (χ4n) is 2.97. The summed E-state index contributed by atoms with van der Waals surface area (Å²) in [6, 6.07) is 13.8. The van der Waals surface area contributed by atoms with Gasteiger partial charge in [-0.3, -0.25) is 4.79 Å². The Morgan fingerprint density at radius 3 is 2.16 bits per heavy atom. The maximum absolute atomic E-state index is 12.4. The maximum Gasteiger partial charge on any atom is 0.226 e. The van der Waals surface area contributed by atoms with E-state index in [1.807, 2.05) is 31.2 Å². The van der Waals surface area contributed by atoms with Crippen LogP contribution in [0.1, 0.15) is 17.7 Å². The van der Waals surface area contributed by atoms with E-state index in [0.717, 1.165) is 21.9 Å². The fourth-order valence-corrected chi connectivity index (χ4v) is 5.13. The predicted molar refractivity (Wildman–Crippen MR) is 122 cm³/mol. The van der Waals surface area contributed by atoms with Crippen molar-refractivity contribution in [2.45, 2.75) is 24.7 Å². The minimum Gasteiger partial charge on any atom is -0.497 e. The van der Waals surface area contributed by atoms with Crippen LogP contribution in [0.3, 0.4) is 0 Å². The van der Waals surface area contributed by atoms with Gasteiger partial charge >= 0.3 is 0 Å². The molecule has 3 aromatic rings. The number of methoxy groups -OCH3 is 2. The summed E-state index contributed by atoms with van der Waals surface area (Å²) in [6.45, 7) is 1.94. The first-order valence-electron chi connectivity index (χ1n) is 9.61. The van der Waals surface area contributed by atoms with Gasteiger partial charge in [0.2, 0.25) is 5.91 Å². The van der Waals surface area contributed by atoms with Crippen molar-refractivity contribution < 1.29 is 22.7 Å². The second-order valence-electron chi connectivity index (χ2n) is 6.80. The number of carbonyl (C=O) groups is 1. The summed E-state index contributed by atoms with van der Waals surface area (Å²) < 4.78 is 35.1. The number of anilines is 1. The molecule has 7 nitrogen and oxygen atoms in total. The van der Waals surface area contributed by atoms with Gasteiger partial charge in [0.05, 0.1) is 30.6 Å². The molecule has 0 saturated heterocycles. The highest BCUT2D eigenvalue weighted by Gasteiger charge is 2.16. The third kappa shape index (κ3) is 5.83. The van der Waals surface area contributed by atoms with Crippen LogP contribution in [-0.4, -0.2) is 39.3 Å². The highest BCUT2D eigenvalue weighted by Crippen LogP contribution is 2.31. The van der Waals surface area contributed by atoms with Gasteiger partial charge in [-0.05, 0) is 61.9 Å². The quantitative estimate of drug-likeness (QED) is 0.511. The van der Waals surface area contributed by atoms with E-state index in [1.165, 1.54) is 30.6 Å². The third-order valence-electron chi connectivity index (χ3n) is 4.64. The molecule has 31 heavy (non-hydrogen) atoms. The summed E-state index contributed by atoms with van der Waals surface area (Å²) in [5.41, 5.74) is 1.73. The van der Waals surface area contributed by atoms with Crippen LogP contribution in [0.4, 0.5) is 5.13 Å². The lowest BCUT2D eigenvalue weighted by molar-refractivity contribution is -0.116. The predicted octanol–water partition coefficient (Wildman–Crippen LogP) is 4.33. The molecule has 0 aliphatic rings. The summed E-state index contributed by atoms with van der Waals surface area (Å²) in [4.78, 5) is 18.0. The highest BCUT2D eigenvalue weighted by atomic mass is 32.2. The number of nitrogens with zero attached hydrogens (tertiary/aromatic N) is 1. The van der Waals surface area contributed by atoms with Crippen LogP contribution in [0.2, 0.25) is 0 Å². The molecule has 1 amide bonds. The Balaban J connectivity index is 1.56. The number of hydrogen-bond acceptors (Lipinski definition) is 7. The first-order valence-corrected chi connectivity index (χ1v) is 12.1. The molecule has 0 saturated carbocycles. The minimum atomic E-state index is -3.46. The first-order chi connectivity index (χ1) is 14.8. The van der Waals surface area contributed by atoms with Gasteiger partial charge in [-0.15, -0.1) is 11.3 Å². The molecule has 164 valence electrons. The standard InChI is InChI=1S/C22H24N2O5S2/c1-15-21(16-6-8-17(28-2)9-7-16)24-22(30-15)23-20(25)5-4-14-31(26,27)19-12-10-18(29-3)11-13-19/h6-13H,4-5,14H2,1-3H3,(H,23,24,25). The van der Waals surface area contributed by atoms with Crippen LogP contribution >= 0.6 is 11.3 Å². The van der Waals surface area contributed by atoms with E-state index in [0.29, 0.717) is 10.9 Å². The van der Waals surface area contributed by atoms with Gasteiger partial charge in [-0.2, -0.15) is 0 Å². The van der Waals surface area contributed by atoms with Crippen LogP contribution in [0.15, 0.2) is 53.4 Å². The molecule has 9 heteroatoms. The summed E-state index contributed by atoms with van der Waals surface area (Å²) in [5, 5.41) is 3.26. The number of hydrogen-bond donors (Lipinski definition) is 1. The normalized spacial score (nSPS) is 11.2. The van der Waals surface area contributed by atoms with Crippen LogP contribution in [0, 0.1) is 6.92 Å².